The van der Waals surface area contributed by atoms with Crippen LogP contribution >= 0.6 is 53.4 Å². The van der Waals surface area contributed by atoms with Crippen LogP contribution in [0.3, 0.4) is 0 Å². The van der Waals surface area contributed by atoms with Crippen LogP contribution in [0.4, 0.5) is 11.4 Å². The van der Waals surface area contributed by atoms with Crippen LogP contribution in [0.25, 0.3) is 0 Å². The zero-order valence-electron chi connectivity index (χ0n) is 35.9. The Morgan fingerprint density at radius 3 is 1.03 bits per heavy atom. The van der Waals surface area contributed by atoms with Crippen LogP contribution in [-0.4, -0.2) is 28.5 Å². The molecule has 10 rings (SSSR count). The van der Waals surface area contributed by atoms with Crippen LogP contribution in [0, 0.1) is 0 Å². The van der Waals surface area contributed by atoms with Gasteiger partial charge in [0.25, 0.3) is 20.0 Å². The summed E-state index contributed by atoms with van der Waals surface area (Å²) in [5.74, 6) is 0.0620. The summed E-state index contributed by atoms with van der Waals surface area (Å²) < 4.78 is 67.9. The quantitative estimate of drug-likeness (QED) is 0.105. The number of anilines is 2. The SMILES string of the molecule is O=S(=O)(/N=C1/C(c2ccccc2)C(c2ccc(Br)cc2)N1c1ccccc1SSc1ccccc1N1/C(=N\S(=O)(=O)c2ccccc2)C(c2ccccc2)C1c1ccc(Br)cc1)c1ccccc1. The summed E-state index contributed by atoms with van der Waals surface area (Å²) >= 11 is 7.22. The van der Waals surface area contributed by atoms with Crippen LogP contribution in [0.2, 0.25) is 0 Å². The number of hydrogen-bond acceptors (Lipinski definition) is 6. The van der Waals surface area contributed by atoms with Gasteiger partial charge in [-0.3, -0.25) is 0 Å². The second-order valence-electron chi connectivity index (χ2n) is 16.1. The van der Waals surface area contributed by atoms with Gasteiger partial charge in [-0.05, 0) is 95.1 Å². The predicted octanol–water partition coefficient (Wildman–Crippen LogP) is 14.3. The van der Waals surface area contributed by atoms with Crippen molar-refractivity contribution in [3.63, 3.8) is 0 Å². The minimum Gasteiger partial charge on any atom is -0.319 e. The van der Waals surface area contributed by atoms with Crippen LogP contribution < -0.4 is 9.80 Å². The highest BCUT2D eigenvalue weighted by atomic mass is 79.9. The highest BCUT2D eigenvalue weighted by Crippen LogP contribution is 2.56. The molecule has 0 spiro atoms. The average molecular weight is 1100 g/mol. The fourth-order valence-corrected chi connectivity index (χ4v) is 13.8. The Kier molecular flexibility index (Phi) is 13.3. The third-order valence-electron chi connectivity index (χ3n) is 12.0. The van der Waals surface area contributed by atoms with E-state index in [9.17, 15) is 16.8 Å². The van der Waals surface area contributed by atoms with Gasteiger partial charge in [0, 0.05) is 18.7 Å². The van der Waals surface area contributed by atoms with E-state index in [0.29, 0.717) is 11.7 Å². The summed E-state index contributed by atoms with van der Waals surface area (Å²) in [5.41, 5.74) is 5.48. The van der Waals surface area contributed by atoms with Gasteiger partial charge >= 0.3 is 0 Å². The van der Waals surface area contributed by atoms with Gasteiger partial charge in [-0.2, -0.15) is 16.8 Å². The molecule has 8 aromatic rings. The van der Waals surface area contributed by atoms with E-state index in [0.717, 1.165) is 52.4 Å². The van der Waals surface area contributed by atoms with E-state index in [1.165, 1.54) is 21.6 Å². The van der Waals surface area contributed by atoms with Crippen molar-refractivity contribution in [2.75, 3.05) is 9.80 Å². The number of para-hydroxylation sites is 2. The van der Waals surface area contributed by atoms with Crippen LogP contribution in [0.5, 0.6) is 0 Å². The maximum absolute atomic E-state index is 14.2. The number of halogens is 2. The van der Waals surface area contributed by atoms with Gasteiger partial charge in [0.2, 0.25) is 0 Å². The molecule has 8 aromatic carbocycles. The molecular weight excluding hydrogens is 1060 g/mol. The molecule has 2 aliphatic rings. The maximum atomic E-state index is 14.2. The Balaban J connectivity index is 1.07. The standard InChI is InChI=1S/C54H40Br2N4O4S4/c55-41-33-29-39(30-34-41)51-49(37-17-5-1-6-18-37)53(57-67(61,62)43-21-9-3-10-22-43)59(51)45-25-13-15-27-47(45)65-66-48-28-16-14-26-46(48)60-52(40-31-35-42(56)36-32-40)50(38-19-7-2-8-20-38)54(60)58-68(63,64)44-23-11-4-12-24-44/h1-36,49-52H/b57-53-,58-54-. The number of sulfonamides is 2. The summed E-state index contributed by atoms with van der Waals surface area (Å²) in [6, 6.07) is 68.1. The number of nitrogens with zero attached hydrogens (tertiary/aromatic N) is 4. The molecular formula is C54H40Br2N4O4S4. The molecule has 0 bridgehead atoms. The second-order valence-corrected chi connectivity index (χ2v) is 23.3. The molecule has 0 N–H and O–H groups in total. The van der Waals surface area contributed by atoms with E-state index in [1.807, 2.05) is 133 Å². The molecule has 338 valence electrons. The van der Waals surface area contributed by atoms with E-state index in [4.69, 9.17) is 0 Å². The van der Waals surface area contributed by atoms with Crippen molar-refractivity contribution in [3.05, 3.63) is 250 Å². The van der Waals surface area contributed by atoms with Crippen molar-refractivity contribution >= 4 is 96.5 Å². The van der Waals surface area contributed by atoms with Crippen molar-refractivity contribution < 1.29 is 16.8 Å². The lowest BCUT2D eigenvalue weighted by atomic mass is 9.77. The third-order valence-corrected chi connectivity index (χ3v) is 18.1. The van der Waals surface area contributed by atoms with Gasteiger partial charge in [0.1, 0.15) is 11.7 Å². The van der Waals surface area contributed by atoms with Crippen molar-refractivity contribution in [2.24, 2.45) is 8.80 Å². The van der Waals surface area contributed by atoms with E-state index in [2.05, 4.69) is 74.7 Å². The second kappa shape index (κ2) is 19.7. The van der Waals surface area contributed by atoms with Crippen LogP contribution in [0.1, 0.15) is 46.2 Å². The minimum atomic E-state index is -4.12. The van der Waals surface area contributed by atoms with E-state index >= 15 is 0 Å². The van der Waals surface area contributed by atoms with Gasteiger partial charge in [0.15, 0.2) is 0 Å². The summed E-state index contributed by atoms with van der Waals surface area (Å²) in [6.07, 6.45) is 0. The Hall–Kier alpha value is -5.74. The largest absolute Gasteiger partial charge is 0.319 e. The maximum Gasteiger partial charge on any atom is 0.283 e. The summed E-state index contributed by atoms with van der Waals surface area (Å²) in [4.78, 5) is 6.09. The van der Waals surface area contributed by atoms with Gasteiger partial charge in [-0.1, -0.05) is 199 Å². The normalized spacial score (nSPS) is 19.4. The molecule has 0 aromatic heterocycles. The molecule has 2 aliphatic heterocycles. The molecule has 0 saturated carbocycles. The first-order valence-corrected chi connectivity index (χ1v) is 28.2. The fraction of sp³-hybridized carbons (Fsp3) is 0.0741. The number of rotatable bonds is 13. The molecule has 0 radical (unpaired) electrons. The Labute approximate surface area is 421 Å². The van der Waals surface area contributed by atoms with E-state index < -0.39 is 20.0 Å². The molecule has 0 aliphatic carbocycles. The zero-order valence-corrected chi connectivity index (χ0v) is 42.3. The Morgan fingerprint density at radius 1 is 0.368 bits per heavy atom. The lowest BCUT2D eigenvalue weighted by molar-refractivity contribution is 0.563. The van der Waals surface area contributed by atoms with Gasteiger partial charge in [0.05, 0.1) is 45.1 Å². The molecule has 2 heterocycles. The van der Waals surface area contributed by atoms with Crippen molar-refractivity contribution in [1.82, 2.24) is 0 Å². The summed E-state index contributed by atoms with van der Waals surface area (Å²) in [6.45, 7) is 0. The van der Waals surface area contributed by atoms with Crippen molar-refractivity contribution in [2.45, 2.75) is 43.5 Å². The lowest BCUT2D eigenvalue weighted by Gasteiger charge is -2.51. The van der Waals surface area contributed by atoms with Crippen LogP contribution in [0.15, 0.2) is 256 Å². The van der Waals surface area contributed by atoms with E-state index in [1.54, 1.807) is 60.7 Å². The zero-order chi connectivity index (χ0) is 46.8. The van der Waals surface area contributed by atoms with Crippen molar-refractivity contribution in [3.8, 4) is 0 Å². The van der Waals surface area contributed by atoms with Crippen LogP contribution in [-0.2, 0) is 20.0 Å². The lowest BCUT2D eigenvalue weighted by Crippen LogP contribution is -2.54. The first-order chi connectivity index (χ1) is 33.1. The fourth-order valence-electron chi connectivity index (χ4n) is 8.82. The van der Waals surface area contributed by atoms with Gasteiger partial charge < -0.3 is 9.80 Å². The number of amidine groups is 2. The third kappa shape index (κ3) is 9.25. The monoisotopic (exact) mass is 1090 g/mol. The molecule has 68 heavy (non-hydrogen) atoms. The van der Waals surface area contributed by atoms with Gasteiger partial charge in [-0.25, -0.2) is 0 Å². The number of benzene rings is 8. The topological polar surface area (TPSA) is 99.5 Å². The van der Waals surface area contributed by atoms with Gasteiger partial charge in [-0.15, -0.1) is 8.80 Å². The molecule has 14 heteroatoms. The summed E-state index contributed by atoms with van der Waals surface area (Å²) in [5, 5.41) is 0. The average Bonchev–Trinajstić information content (AvgIpc) is 3.36. The molecule has 8 nitrogen and oxygen atoms in total. The predicted molar refractivity (Wildman–Crippen MR) is 284 cm³/mol. The summed E-state index contributed by atoms with van der Waals surface area (Å²) in [7, 11) is -5.17. The van der Waals surface area contributed by atoms with Crippen molar-refractivity contribution in [1.29, 1.82) is 0 Å². The highest BCUT2D eigenvalue weighted by molar-refractivity contribution is 9.10. The minimum absolute atomic E-state index is 0.114. The number of hydrogen-bond donors (Lipinski definition) is 0. The molecule has 4 atom stereocenters. The smallest absolute Gasteiger partial charge is 0.283 e. The molecule has 2 fully saturated rings. The molecule has 4 unspecified atom stereocenters. The Bertz CT molecular complexity index is 3140. The first-order valence-electron chi connectivity index (χ1n) is 21.6. The first kappa shape index (κ1) is 46.0. The highest BCUT2D eigenvalue weighted by Gasteiger charge is 2.51. The molecule has 2 saturated heterocycles. The molecule has 0 amide bonds. The Morgan fingerprint density at radius 2 is 0.676 bits per heavy atom. The van der Waals surface area contributed by atoms with E-state index in [-0.39, 0.29) is 33.7 Å².